The third-order valence-electron chi connectivity index (χ3n) is 3.59. The Morgan fingerprint density at radius 3 is 2.56 bits per heavy atom. The van der Waals surface area contributed by atoms with Gasteiger partial charge >= 0.3 is 0 Å². The number of hydrogen-bond donors (Lipinski definition) is 1. The Hall–Kier alpha value is -1.06. The highest BCUT2D eigenvalue weighted by atomic mass is 16.5. The molecule has 0 saturated heterocycles. The van der Waals surface area contributed by atoms with Crippen LogP contribution in [0, 0.1) is 0 Å². The van der Waals surface area contributed by atoms with Gasteiger partial charge in [0.2, 0.25) is 0 Å². The second-order valence-electron chi connectivity index (χ2n) is 5.58. The smallest absolute Gasteiger partial charge is 0.119 e. The highest BCUT2D eigenvalue weighted by Gasteiger charge is 2.21. The summed E-state index contributed by atoms with van der Waals surface area (Å²) in [5.41, 5.74) is 1.28. The summed E-state index contributed by atoms with van der Waals surface area (Å²) >= 11 is 0. The van der Waals surface area contributed by atoms with Gasteiger partial charge in [-0.05, 0) is 59.6 Å². The molecule has 0 aliphatic heterocycles. The van der Waals surface area contributed by atoms with E-state index in [0.717, 1.165) is 5.75 Å². The summed E-state index contributed by atoms with van der Waals surface area (Å²) in [6.45, 7) is 7.17. The number of benzene rings is 1. The van der Waals surface area contributed by atoms with Crippen LogP contribution in [0.25, 0.3) is 0 Å². The van der Waals surface area contributed by atoms with Crippen molar-refractivity contribution >= 4 is 0 Å². The van der Waals surface area contributed by atoms with Crippen LogP contribution in [0.15, 0.2) is 24.3 Å². The van der Waals surface area contributed by atoms with E-state index in [0.29, 0.717) is 12.6 Å². The molecule has 1 aromatic carbocycles. The first-order chi connectivity index (χ1) is 8.36. The monoisotopic (exact) mass is 250 g/mol. The van der Waals surface area contributed by atoms with Crippen LogP contribution in [-0.2, 0) is 0 Å². The molecule has 0 aliphatic rings. The van der Waals surface area contributed by atoms with Crippen molar-refractivity contribution < 1.29 is 4.74 Å². The van der Waals surface area contributed by atoms with Gasteiger partial charge in [-0.1, -0.05) is 12.1 Å². The van der Waals surface area contributed by atoms with Gasteiger partial charge in [-0.2, -0.15) is 0 Å². The largest absolute Gasteiger partial charge is 0.492 e. The SMILES string of the molecule is CNC(C)c1cccc(OCC(C)(C)N(C)C)c1. The lowest BCUT2D eigenvalue weighted by Crippen LogP contribution is -2.43. The molecule has 0 amide bonds. The molecule has 0 bridgehead atoms. The Morgan fingerprint density at radius 1 is 1.33 bits per heavy atom. The van der Waals surface area contributed by atoms with E-state index in [1.807, 2.05) is 19.2 Å². The standard InChI is InChI=1S/C15H26N2O/c1-12(16-4)13-8-7-9-14(10-13)18-11-15(2,3)17(5)6/h7-10,12,16H,11H2,1-6H3. The van der Waals surface area contributed by atoms with Crippen LogP contribution in [-0.4, -0.2) is 38.2 Å². The van der Waals surface area contributed by atoms with Crippen molar-refractivity contribution in [1.29, 1.82) is 0 Å². The fourth-order valence-corrected chi connectivity index (χ4v) is 1.43. The summed E-state index contributed by atoms with van der Waals surface area (Å²) in [5.74, 6) is 0.935. The van der Waals surface area contributed by atoms with E-state index in [-0.39, 0.29) is 5.54 Å². The quantitative estimate of drug-likeness (QED) is 0.840. The molecule has 0 aliphatic carbocycles. The molecule has 3 heteroatoms. The maximum absolute atomic E-state index is 5.90. The zero-order valence-electron chi connectivity index (χ0n) is 12.4. The van der Waals surface area contributed by atoms with E-state index in [9.17, 15) is 0 Å². The van der Waals surface area contributed by atoms with Gasteiger partial charge in [0.15, 0.2) is 0 Å². The lowest BCUT2D eigenvalue weighted by atomic mass is 10.1. The first-order valence-corrected chi connectivity index (χ1v) is 6.44. The molecule has 0 saturated carbocycles. The Bertz CT molecular complexity index is 375. The zero-order chi connectivity index (χ0) is 13.8. The Labute approximate surface area is 111 Å². The van der Waals surface area contributed by atoms with Gasteiger partial charge in [0.05, 0.1) is 0 Å². The van der Waals surface area contributed by atoms with Gasteiger partial charge in [-0.15, -0.1) is 0 Å². The molecular formula is C15H26N2O. The summed E-state index contributed by atoms with van der Waals surface area (Å²) in [5, 5.41) is 3.24. The summed E-state index contributed by atoms with van der Waals surface area (Å²) in [6.07, 6.45) is 0. The van der Waals surface area contributed by atoms with E-state index in [2.05, 4.69) is 57.2 Å². The van der Waals surface area contributed by atoms with Gasteiger partial charge in [0.1, 0.15) is 12.4 Å². The van der Waals surface area contributed by atoms with Crippen molar-refractivity contribution in [3.05, 3.63) is 29.8 Å². The van der Waals surface area contributed by atoms with Crippen molar-refractivity contribution in [1.82, 2.24) is 10.2 Å². The third kappa shape index (κ3) is 4.00. The van der Waals surface area contributed by atoms with E-state index in [4.69, 9.17) is 4.74 Å². The maximum atomic E-state index is 5.90. The van der Waals surface area contributed by atoms with Gasteiger partial charge in [0.25, 0.3) is 0 Å². The number of nitrogens with zero attached hydrogens (tertiary/aromatic N) is 1. The second-order valence-corrected chi connectivity index (χ2v) is 5.58. The van der Waals surface area contributed by atoms with Crippen LogP contribution in [0.4, 0.5) is 0 Å². The van der Waals surface area contributed by atoms with Crippen molar-refractivity contribution in [2.75, 3.05) is 27.7 Å². The van der Waals surface area contributed by atoms with Gasteiger partial charge < -0.3 is 15.0 Å². The number of rotatable bonds is 6. The minimum absolute atomic E-state index is 0.0324. The number of hydrogen-bond acceptors (Lipinski definition) is 3. The van der Waals surface area contributed by atoms with E-state index in [1.54, 1.807) is 0 Å². The molecule has 102 valence electrons. The summed E-state index contributed by atoms with van der Waals surface area (Å²) in [4.78, 5) is 2.17. The molecule has 0 spiro atoms. The first-order valence-electron chi connectivity index (χ1n) is 6.44. The minimum Gasteiger partial charge on any atom is -0.492 e. The van der Waals surface area contributed by atoms with Crippen LogP contribution in [0.5, 0.6) is 5.75 Å². The van der Waals surface area contributed by atoms with Gasteiger partial charge in [-0.3, -0.25) is 0 Å². The molecule has 0 radical (unpaired) electrons. The molecule has 1 aromatic rings. The fourth-order valence-electron chi connectivity index (χ4n) is 1.43. The lowest BCUT2D eigenvalue weighted by molar-refractivity contribution is 0.114. The molecule has 0 heterocycles. The summed E-state index contributed by atoms with van der Waals surface area (Å²) in [7, 11) is 6.11. The number of likely N-dealkylation sites (N-methyl/N-ethyl adjacent to an activating group) is 1. The van der Waals surface area contributed by atoms with Crippen LogP contribution in [0.2, 0.25) is 0 Å². The van der Waals surface area contributed by atoms with E-state index in [1.165, 1.54) is 5.56 Å². The third-order valence-corrected chi connectivity index (χ3v) is 3.59. The molecule has 1 rings (SSSR count). The molecule has 0 aromatic heterocycles. The first kappa shape index (κ1) is 15.0. The molecule has 1 N–H and O–H groups in total. The summed E-state index contributed by atoms with van der Waals surface area (Å²) < 4.78 is 5.90. The minimum atomic E-state index is 0.0324. The van der Waals surface area contributed by atoms with Crippen LogP contribution in [0.3, 0.4) is 0 Å². The van der Waals surface area contributed by atoms with Gasteiger partial charge in [-0.25, -0.2) is 0 Å². The van der Waals surface area contributed by atoms with E-state index >= 15 is 0 Å². The highest BCUT2D eigenvalue weighted by Crippen LogP contribution is 2.20. The van der Waals surface area contributed by atoms with Crippen molar-refractivity contribution in [3.8, 4) is 5.75 Å². The average Bonchev–Trinajstić information content (AvgIpc) is 2.35. The normalized spacial score (nSPS) is 13.7. The second kappa shape index (κ2) is 6.21. The maximum Gasteiger partial charge on any atom is 0.119 e. The average molecular weight is 250 g/mol. The fraction of sp³-hybridized carbons (Fsp3) is 0.600. The molecule has 1 atom stereocenters. The lowest BCUT2D eigenvalue weighted by Gasteiger charge is -2.32. The zero-order valence-corrected chi connectivity index (χ0v) is 12.4. The molecule has 18 heavy (non-hydrogen) atoms. The molecule has 3 nitrogen and oxygen atoms in total. The molecular weight excluding hydrogens is 224 g/mol. The molecule has 1 unspecified atom stereocenters. The Morgan fingerprint density at radius 2 is 2.00 bits per heavy atom. The van der Waals surface area contributed by atoms with Crippen molar-refractivity contribution in [3.63, 3.8) is 0 Å². The summed E-state index contributed by atoms with van der Waals surface area (Å²) in [6, 6.07) is 8.62. The highest BCUT2D eigenvalue weighted by molar-refractivity contribution is 5.30. The van der Waals surface area contributed by atoms with Crippen molar-refractivity contribution in [2.45, 2.75) is 32.4 Å². The topological polar surface area (TPSA) is 24.5 Å². The van der Waals surface area contributed by atoms with Crippen molar-refractivity contribution in [2.24, 2.45) is 0 Å². The van der Waals surface area contributed by atoms with Gasteiger partial charge in [0, 0.05) is 11.6 Å². The predicted molar refractivity (Wildman–Crippen MR) is 77.2 cm³/mol. The Balaban J connectivity index is 2.68. The molecule has 0 fully saturated rings. The number of ether oxygens (including phenoxy) is 1. The number of nitrogens with one attached hydrogen (secondary N) is 1. The Kier molecular flexibility index (Phi) is 5.17. The van der Waals surface area contributed by atoms with Crippen LogP contribution < -0.4 is 10.1 Å². The van der Waals surface area contributed by atoms with Crippen LogP contribution in [0.1, 0.15) is 32.4 Å². The van der Waals surface area contributed by atoms with E-state index < -0.39 is 0 Å². The predicted octanol–water partition coefficient (Wildman–Crippen LogP) is 2.69. The van der Waals surface area contributed by atoms with Crippen LogP contribution >= 0.6 is 0 Å².